The number of benzene rings is 1. The van der Waals surface area contributed by atoms with Gasteiger partial charge in [-0.1, -0.05) is 44.2 Å². The van der Waals surface area contributed by atoms with Gasteiger partial charge in [-0.05, 0) is 25.3 Å². The number of halogens is 1. The van der Waals surface area contributed by atoms with Crippen molar-refractivity contribution >= 4 is 12.4 Å². The lowest BCUT2D eigenvalue weighted by atomic mass is 10.1. The molecular weight excluding hydrogens is 274 g/mol. The van der Waals surface area contributed by atoms with Crippen LogP contribution in [-0.4, -0.2) is 30.4 Å². The highest BCUT2D eigenvalue weighted by Crippen LogP contribution is 2.20. The van der Waals surface area contributed by atoms with Gasteiger partial charge in [0, 0.05) is 12.6 Å². The number of hydrogen-bond acceptors (Lipinski definition) is 3. The second-order valence-electron chi connectivity index (χ2n) is 5.01. The Morgan fingerprint density at radius 3 is 2.35 bits per heavy atom. The largest absolute Gasteiger partial charge is 0.389 e. The van der Waals surface area contributed by atoms with Crippen LogP contribution in [0.1, 0.15) is 45.3 Å². The van der Waals surface area contributed by atoms with Crippen molar-refractivity contribution < 1.29 is 9.84 Å². The van der Waals surface area contributed by atoms with E-state index in [1.807, 2.05) is 18.2 Å². The minimum atomic E-state index is -0.452. The van der Waals surface area contributed by atoms with Gasteiger partial charge in [-0.3, -0.25) is 0 Å². The second-order valence-corrected chi connectivity index (χ2v) is 5.01. The van der Waals surface area contributed by atoms with Crippen LogP contribution in [0.5, 0.6) is 0 Å². The average Bonchev–Trinajstić information content (AvgIpc) is 2.46. The van der Waals surface area contributed by atoms with Gasteiger partial charge in [0.15, 0.2) is 0 Å². The van der Waals surface area contributed by atoms with Crippen molar-refractivity contribution in [3.8, 4) is 0 Å². The van der Waals surface area contributed by atoms with Crippen molar-refractivity contribution in [3.05, 3.63) is 35.9 Å². The second kappa shape index (κ2) is 11.1. The summed E-state index contributed by atoms with van der Waals surface area (Å²) >= 11 is 0. The zero-order valence-electron chi connectivity index (χ0n) is 12.7. The maximum atomic E-state index is 9.90. The van der Waals surface area contributed by atoms with Crippen LogP contribution in [0.25, 0.3) is 0 Å². The number of aliphatic hydroxyl groups is 1. The fourth-order valence-corrected chi connectivity index (χ4v) is 1.89. The van der Waals surface area contributed by atoms with Gasteiger partial charge >= 0.3 is 0 Å². The Morgan fingerprint density at radius 1 is 1.15 bits per heavy atom. The first-order chi connectivity index (χ1) is 9.17. The monoisotopic (exact) mass is 301 g/mol. The first kappa shape index (κ1) is 19.4. The van der Waals surface area contributed by atoms with E-state index in [4.69, 9.17) is 4.74 Å². The minimum Gasteiger partial charge on any atom is -0.389 e. The van der Waals surface area contributed by atoms with Crippen molar-refractivity contribution in [2.75, 3.05) is 13.2 Å². The van der Waals surface area contributed by atoms with Crippen LogP contribution in [0.4, 0.5) is 0 Å². The fourth-order valence-electron chi connectivity index (χ4n) is 1.89. The number of ether oxygens (including phenoxy) is 1. The van der Waals surface area contributed by atoms with Gasteiger partial charge in [-0.2, -0.15) is 0 Å². The maximum absolute atomic E-state index is 9.90. The molecule has 0 aliphatic heterocycles. The standard InChI is InChI=1S/C16H27NO2.ClH/c1-4-13(3)17-11-15(18)12-19-16(5-2)14-9-7-6-8-10-14;/h6-10,13,15-18H,4-5,11-12H2,1-3H3;1H. The molecule has 1 aromatic carbocycles. The molecule has 0 saturated heterocycles. The SMILES string of the molecule is CCC(C)NCC(O)COC(CC)c1ccccc1.Cl. The molecule has 4 heteroatoms. The Hall–Kier alpha value is -0.610. The van der Waals surface area contributed by atoms with Gasteiger partial charge < -0.3 is 15.2 Å². The van der Waals surface area contributed by atoms with Gasteiger partial charge in [0.05, 0.1) is 18.8 Å². The summed E-state index contributed by atoms with van der Waals surface area (Å²) in [5, 5.41) is 13.2. The molecule has 116 valence electrons. The van der Waals surface area contributed by atoms with E-state index in [-0.39, 0.29) is 18.5 Å². The zero-order valence-corrected chi connectivity index (χ0v) is 13.5. The maximum Gasteiger partial charge on any atom is 0.0898 e. The summed E-state index contributed by atoms with van der Waals surface area (Å²) in [6, 6.07) is 10.6. The van der Waals surface area contributed by atoms with Crippen molar-refractivity contribution in [1.82, 2.24) is 5.32 Å². The quantitative estimate of drug-likeness (QED) is 0.735. The summed E-state index contributed by atoms with van der Waals surface area (Å²) in [4.78, 5) is 0. The number of nitrogens with one attached hydrogen (secondary N) is 1. The first-order valence-electron chi connectivity index (χ1n) is 7.25. The lowest BCUT2D eigenvalue weighted by Crippen LogP contribution is -2.35. The zero-order chi connectivity index (χ0) is 14.1. The molecule has 0 aliphatic rings. The minimum absolute atomic E-state index is 0. The highest BCUT2D eigenvalue weighted by Gasteiger charge is 2.12. The van der Waals surface area contributed by atoms with Crippen LogP contribution in [0.3, 0.4) is 0 Å². The molecule has 1 rings (SSSR count). The first-order valence-corrected chi connectivity index (χ1v) is 7.25. The van der Waals surface area contributed by atoms with E-state index in [0.717, 1.165) is 12.8 Å². The van der Waals surface area contributed by atoms with Gasteiger partial charge in [-0.25, -0.2) is 0 Å². The molecule has 1 aromatic rings. The predicted molar refractivity (Wildman–Crippen MR) is 86.4 cm³/mol. The van der Waals surface area contributed by atoms with Crippen molar-refractivity contribution in [1.29, 1.82) is 0 Å². The van der Waals surface area contributed by atoms with Crippen LogP contribution in [0.2, 0.25) is 0 Å². The van der Waals surface area contributed by atoms with Gasteiger partial charge in [0.25, 0.3) is 0 Å². The molecule has 0 aromatic heterocycles. The number of hydrogen-bond donors (Lipinski definition) is 2. The average molecular weight is 302 g/mol. The van der Waals surface area contributed by atoms with Crippen molar-refractivity contribution in [3.63, 3.8) is 0 Å². The molecule has 0 aliphatic carbocycles. The molecular formula is C16H28ClNO2. The molecule has 3 unspecified atom stereocenters. The lowest BCUT2D eigenvalue weighted by Gasteiger charge is -2.20. The smallest absolute Gasteiger partial charge is 0.0898 e. The van der Waals surface area contributed by atoms with Crippen LogP contribution in [0.15, 0.2) is 30.3 Å². The summed E-state index contributed by atoms with van der Waals surface area (Å²) in [5.74, 6) is 0. The molecule has 0 amide bonds. The van der Waals surface area contributed by atoms with E-state index >= 15 is 0 Å². The summed E-state index contributed by atoms with van der Waals surface area (Å²) in [7, 11) is 0. The lowest BCUT2D eigenvalue weighted by molar-refractivity contribution is -0.0120. The molecule has 3 atom stereocenters. The summed E-state index contributed by atoms with van der Waals surface area (Å²) in [6.07, 6.45) is 1.59. The highest BCUT2D eigenvalue weighted by atomic mass is 35.5. The van der Waals surface area contributed by atoms with E-state index in [1.54, 1.807) is 0 Å². The van der Waals surface area contributed by atoms with Crippen LogP contribution < -0.4 is 5.32 Å². The topological polar surface area (TPSA) is 41.5 Å². The molecule has 0 bridgehead atoms. The Labute approximate surface area is 129 Å². The van der Waals surface area contributed by atoms with Crippen LogP contribution in [0, 0.1) is 0 Å². The van der Waals surface area contributed by atoms with E-state index in [2.05, 4.69) is 38.2 Å². The highest BCUT2D eigenvalue weighted by molar-refractivity contribution is 5.85. The summed E-state index contributed by atoms with van der Waals surface area (Å²) < 4.78 is 5.82. The molecule has 0 heterocycles. The predicted octanol–water partition coefficient (Wildman–Crippen LogP) is 3.33. The van der Waals surface area contributed by atoms with E-state index in [0.29, 0.717) is 19.2 Å². The van der Waals surface area contributed by atoms with E-state index in [9.17, 15) is 5.11 Å². The summed E-state index contributed by atoms with van der Waals surface area (Å²) in [6.45, 7) is 7.30. The van der Waals surface area contributed by atoms with Crippen molar-refractivity contribution in [2.45, 2.75) is 51.9 Å². The third kappa shape index (κ3) is 7.25. The molecule has 20 heavy (non-hydrogen) atoms. The van der Waals surface area contributed by atoms with Crippen molar-refractivity contribution in [2.24, 2.45) is 0 Å². The van der Waals surface area contributed by atoms with Crippen LogP contribution >= 0.6 is 12.4 Å². The van der Waals surface area contributed by atoms with Gasteiger partial charge in [0.2, 0.25) is 0 Å². The van der Waals surface area contributed by atoms with Gasteiger partial charge in [-0.15, -0.1) is 12.4 Å². The molecule has 0 spiro atoms. The third-order valence-corrected chi connectivity index (χ3v) is 3.35. The third-order valence-electron chi connectivity index (χ3n) is 3.35. The van der Waals surface area contributed by atoms with Crippen LogP contribution in [-0.2, 0) is 4.74 Å². The molecule has 3 nitrogen and oxygen atoms in total. The van der Waals surface area contributed by atoms with E-state index < -0.39 is 6.10 Å². The summed E-state index contributed by atoms with van der Waals surface area (Å²) in [5.41, 5.74) is 1.17. The van der Waals surface area contributed by atoms with Gasteiger partial charge in [0.1, 0.15) is 0 Å². The molecule has 0 fully saturated rings. The molecule has 0 radical (unpaired) electrons. The fraction of sp³-hybridized carbons (Fsp3) is 0.625. The Kier molecular flexibility index (Phi) is 10.8. The Balaban J connectivity index is 0.00000361. The Morgan fingerprint density at radius 2 is 1.80 bits per heavy atom. The van der Waals surface area contributed by atoms with E-state index in [1.165, 1.54) is 5.56 Å². The normalized spacial score (nSPS) is 15.2. The molecule has 0 saturated carbocycles. The number of aliphatic hydroxyl groups excluding tert-OH is 1. The Bertz CT molecular complexity index is 335. The molecule has 2 N–H and O–H groups in total. The number of rotatable bonds is 9.